The summed E-state index contributed by atoms with van der Waals surface area (Å²) in [5, 5.41) is 0. The van der Waals surface area contributed by atoms with Gasteiger partial charge >= 0.3 is 0 Å². The van der Waals surface area contributed by atoms with Gasteiger partial charge in [0.1, 0.15) is 0 Å². The normalized spacial score (nSPS) is 42.1. The van der Waals surface area contributed by atoms with E-state index < -0.39 is 0 Å². The predicted molar refractivity (Wildman–Crippen MR) is 234 cm³/mol. The lowest BCUT2D eigenvalue weighted by Gasteiger charge is -2.49. The quantitative estimate of drug-likeness (QED) is 0.228. The van der Waals surface area contributed by atoms with Crippen LogP contribution >= 0.6 is 0 Å². The minimum Gasteiger partial charge on any atom is -0.294 e. The SMILES string of the molecule is CC1(C)C2CC(C3CCC(N(C4CCCCCC4)C4CCCCC4)CC3)CCC2C2CCC(C3CCC(N(C4CCCCCC4)C4CCCCC4)CC3)CC21. The van der Waals surface area contributed by atoms with Crippen molar-refractivity contribution in [2.45, 2.75) is 281 Å². The second-order valence-corrected chi connectivity index (χ2v) is 23.4. The van der Waals surface area contributed by atoms with E-state index >= 15 is 0 Å². The third kappa shape index (κ3) is 8.88. The lowest BCUT2D eigenvalue weighted by Crippen LogP contribution is -2.51. The molecule has 2 heteroatoms. The van der Waals surface area contributed by atoms with Gasteiger partial charge in [-0.3, -0.25) is 9.80 Å². The monoisotopic (exact) mass is 757 g/mol. The summed E-state index contributed by atoms with van der Waals surface area (Å²) in [4.78, 5) is 6.49. The summed E-state index contributed by atoms with van der Waals surface area (Å²) in [5.41, 5.74) is 0.579. The van der Waals surface area contributed by atoms with E-state index in [2.05, 4.69) is 23.6 Å². The lowest BCUT2D eigenvalue weighted by molar-refractivity contribution is 0.00655. The molecule has 0 aromatic carbocycles. The van der Waals surface area contributed by atoms with Gasteiger partial charge in [-0.15, -0.1) is 0 Å². The van der Waals surface area contributed by atoms with Crippen LogP contribution in [0.4, 0.5) is 0 Å². The van der Waals surface area contributed by atoms with Gasteiger partial charge in [-0.1, -0.05) is 104 Å². The number of hydrogen-bond acceptors (Lipinski definition) is 2. The number of rotatable bonds is 8. The fourth-order valence-corrected chi connectivity index (χ4v) is 17.7. The molecule has 0 saturated heterocycles. The van der Waals surface area contributed by atoms with Gasteiger partial charge in [0.2, 0.25) is 0 Å². The average Bonchev–Trinajstić information content (AvgIpc) is 3.57. The first kappa shape index (κ1) is 40.3. The van der Waals surface area contributed by atoms with Gasteiger partial charge < -0.3 is 0 Å². The average molecular weight is 757 g/mol. The van der Waals surface area contributed by atoms with Crippen molar-refractivity contribution in [1.29, 1.82) is 0 Å². The molecule has 9 aliphatic rings. The van der Waals surface area contributed by atoms with Crippen LogP contribution in [0.25, 0.3) is 0 Å². The van der Waals surface area contributed by atoms with E-state index in [1.807, 2.05) is 0 Å². The van der Waals surface area contributed by atoms with Gasteiger partial charge in [-0.25, -0.2) is 0 Å². The fraction of sp³-hybridized carbons (Fsp3) is 1.00. The summed E-state index contributed by atoms with van der Waals surface area (Å²) in [5.74, 6) is 8.40. The van der Waals surface area contributed by atoms with Crippen LogP contribution in [0.3, 0.4) is 0 Å². The van der Waals surface area contributed by atoms with E-state index in [0.717, 1.165) is 83.6 Å². The predicted octanol–water partition coefficient (Wildman–Crippen LogP) is 14.9. The Kier molecular flexibility index (Phi) is 13.7. The first-order valence-corrected chi connectivity index (χ1v) is 26.6. The molecule has 0 aromatic heterocycles. The van der Waals surface area contributed by atoms with Crippen molar-refractivity contribution in [3.63, 3.8) is 0 Å². The van der Waals surface area contributed by atoms with Gasteiger partial charge in [0.15, 0.2) is 0 Å². The molecule has 314 valence electrons. The van der Waals surface area contributed by atoms with Crippen molar-refractivity contribution in [1.82, 2.24) is 9.80 Å². The minimum absolute atomic E-state index is 0.579. The van der Waals surface area contributed by atoms with Crippen LogP contribution in [0.2, 0.25) is 0 Å². The summed E-state index contributed by atoms with van der Waals surface area (Å²) >= 11 is 0. The summed E-state index contributed by atoms with van der Waals surface area (Å²) in [6.45, 7) is 5.63. The Morgan fingerprint density at radius 1 is 0.273 bits per heavy atom. The third-order valence-electron chi connectivity index (χ3n) is 20.5. The van der Waals surface area contributed by atoms with E-state index in [0.29, 0.717) is 5.41 Å². The molecule has 9 aliphatic carbocycles. The lowest BCUT2D eigenvalue weighted by atomic mass is 9.61. The Hall–Kier alpha value is -0.0800. The number of nitrogens with zero attached hydrogens (tertiary/aromatic N) is 2. The van der Waals surface area contributed by atoms with E-state index in [-0.39, 0.29) is 0 Å². The number of fused-ring (bicyclic) bond motifs is 3. The van der Waals surface area contributed by atoms with Crippen molar-refractivity contribution in [2.75, 3.05) is 0 Å². The molecule has 6 unspecified atom stereocenters. The van der Waals surface area contributed by atoms with Gasteiger partial charge in [-0.2, -0.15) is 0 Å². The summed E-state index contributed by atoms with van der Waals surface area (Å²) in [6, 6.07) is 5.54. The summed E-state index contributed by atoms with van der Waals surface area (Å²) in [6.07, 6.45) is 55.3. The number of hydrogen-bond donors (Lipinski definition) is 0. The highest BCUT2D eigenvalue weighted by Gasteiger charge is 2.58. The van der Waals surface area contributed by atoms with E-state index in [1.165, 1.54) is 141 Å². The first-order chi connectivity index (χ1) is 27.0. The van der Waals surface area contributed by atoms with Crippen LogP contribution in [0, 0.1) is 52.8 Å². The molecule has 55 heavy (non-hydrogen) atoms. The van der Waals surface area contributed by atoms with Crippen molar-refractivity contribution < 1.29 is 0 Å². The maximum absolute atomic E-state index is 3.25. The molecule has 0 aromatic rings. The smallest absolute Gasteiger partial charge is 0.0101 e. The molecular weight excluding hydrogens is 665 g/mol. The minimum atomic E-state index is 0.579. The zero-order valence-electron chi connectivity index (χ0n) is 36.9. The Balaban J connectivity index is 0.792. The van der Waals surface area contributed by atoms with E-state index in [9.17, 15) is 0 Å². The topological polar surface area (TPSA) is 6.48 Å². The molecule has 0 spiro atoms. The zero-order chi connectivity index (χ0) is 37.2. The van der Waals surface area contributed by atoms with Gasteiger partial charge in [0.25, 0.3) is 0 Å². The largest absolute Gasteiger partial charge is 0.294 e. The second-order valence-electron chi connectivity index (χ2n) is 23.4. The van der Waals surface area contributed by atoms with Crippen LogP contribution in [0.15, 0.2) is 0 Å². The Bertz CT molecular complexity index is 1040. The molecule has 9 rings (SSSR count). The molecule has 0 N–H and O–H groups in total. The molecule has 2 nitrogen and oxygen atoms in total. The van der Waals surface area contributed by atoms with E-state index in [4.69, 9.17) is 0 Å². The van der Waals surface area contributed by atoms with Crippen molar-refractivity contribution in [3.05, 3.63) is 0 Å². The Morgan fingerprint density at radius 3 is 0.836 bits per heavy atom. The van der Waals surface area contributed by atoms with Crippen molar-refractivity contribution in [3.8, 4) is 0 Å². The molecule has 0 bridgehead atoms. The first-order valence-electron chi connectivity index (χ1n) is 26.6. The molecule has 0 radical (unpaired) electrons. The molecular formula is C53H92N2. The summed E-state index contributed by atoms with van der Waals surface area (Å²) < 4.78 is 0. The van der Waals surface area contributed by atoms with Gasteiger partial charge in [0, 0.05) is 36.3 Å². The molecule has 6 atom stereocenters. The highest BCUT2D eigenvalue weighted by atomic mass is 15.2. The third-order valence-corrected chi connectivity index (χ3v) is 20.5. The molecule has 0 aliphatic heterocycles. The van der Waals surface area contributed by atoms with Crippen LogP contribution in [0.1, 0.15) is 245 Å². The van der Waals surface area contributed by atoms with Gasteiger partial charge in [-0.05, 0) is 194 Å². The van der Waals surface area contributed by atoms with Crippen LogP contribution in [-0.4, -0.2) is 46.1 Å². The fourth-order valence-electron chi connectivity index (χ4n) is 17.7. The Morgan fingerprint density at radius 2 is 0.527 bits per heavy atom. The Labute approximate surface area is 342 Å². The molecule has 9 fully saturated rings. The standard InChI is InChI=1S/C53H92N2/c1-53(2)51-37-41(39-25-31-47(32-26-39)54(45-21-13-7-14-22-45)43-17-9-3-4-10-18-43)29-35-49(51)50-36-30-42(38-52(50)53)40-27-33-48(34-28-40)55(46-23-15-8-16-24-46)44-19-11-5-6-12-20-44/h39-52H,3-38H2,1-2H3. The molecule has 0 amide bonds. The van der Waals surface area contributed by atoms with Crippen LogP contribution in [-0.2, 0) is 0 Å². The zero-order valence-corrected chi connectivity index (χ0v) is 36.9. The van der Waals surface area contributed by atoms with Crippen LogP contribution < -0.4 is 0 Å². The summed E-state index contributed by atoms with van der Waals surface area (Å²) in [7, 11) is 0. The van der Waals surface area contributed by atoms with Gasteiger partial charge in [0.05, 0.1) is 0 Å². The maximum Gasteiger partial charge on any atom is 0.0101 e. The van der Waals surface area contributed by atoms with E-state index in [1.54, 1.807) is 89.9 Å². The highest BCUT2D eigenvalue weighted by molar-refractivity contribution is 5.08. The maximum atomic E-state index is 3.25. The van der Waals surface area contributed by atoms with Crippen LogP contribution in [0.5, 0.6) is 0 Å². The molecule has 0 heterocycles. The molecule has 9 saturated carbocycles. The van der Waals surface area contributed by atoms with Crippen molar-refractivity contribution >= 4 is 0 Å². The second kappa shape index (κ2) is 18.7. The highest BCUT2D eigenvalue weighted by Crippen LogP contribution is 2.66. The van der Waals surface area contributed by atoms with Crippen molar-refractivity contribution in [2.24, 2.45) is 52.8 Å².